The molecular weight excluding hydrogens is 376 g/mol. The summed E-state index contributed by atoms with van der Waals surface area (Å²) in [6.45, 7) is 7.96. The fourth-order valence-electron chi connectivity index (χ4n) is 2.76. The highest BCUT2D eigenvalue weighted by atomic mass is 32.2. The monoisotopic (exact) mass is 398 g/mol. The third-order valence-electron chi connectivity index (χ3n) is 4.00. The van der Waals surface area contributed by atoms with Crippen molar-refractivity contribution in [3.8, 4) is 0 Å². The van der Waals surface area contributed by atoms with E-state index in [-0.39, 0.29) is 11.2 Å². The van der Waals surface area contributed by atoms with Crippen molar-refractivity contribution in [2.75, 3.05) is 10.6 Å². The predicted octanol–water partition coefficient (Wildman–Crippen LogP) is 5.33. The lowest BCUT2D eigenvalue weighted by Crippen LogP contribution is -2.23. The first kappa shape index (κ1) is 19.4. The summed E-state index contributed by atoms with van der Waals surface area (Å²) in [6.07, 6.45) is 0. The molecule has 2 N–H and O–H groups in total. The molecule has 1 amide bonds. The highest BCUT2D eigenvalue weighted by Crippen LogP contribution is 2.31. The molecule has 0 bridgehead atoms. The SMILES string of the molecule is Cc1cc(C)c(NC(=O)[C@H](C)Sc2nnc(Nc3ccccc3)s2)c(C)c1. The molecule has 0 aliphatic rings. The van der Waals surface area contributed by atoms with E-state index < -0.39 is 0 Å². The van der Waals surface area contributed by atoms with Crippen LogP contribution in [0.5, 0.6) is 0 Å². The van der Waals surface area contributed by atoms with E-state index in [1.807, 2.05) is 51.1 Å². The molecule has 27 heavy (non-hydrogen) atoms. The van der Waals surface area contributed by atoms with Crippen LogP contribution in [0.15, 0.2) is 46.8 Å². The van der Waals surface area contributed by atoms with E-state index in [4.69, 9.17) is 0 Å². The van der Waals surface area contributed by atoms with Crippen molar-refractivity contribution in [2.45, 2.75) is 37.3 Å². The highest BCUT2D eigenvalue weighted by molar-refractivity contribution is 8.02. The lowest BCUT2D eigenvalue weighted by Gasteiger charge is -2.15. The van der Waals surface area contributed by atoms with Crippen molar-refractivity contribution < 1.29 is 4.79 Å². The van der Waals surface area contributed by atoms with Gasteiger partial charge in [-0.25, -0.2) is 0 Å². The van der Waals surface area contributed by atoms with Crippen LogP contribution >= 0.6 is 23.1 Å². The first-order valence-corrected chi connectivity index (χ1v) is 10.3. The van der Waals surface area contributed by atoms with Crippen molar-refractivity contribution in [2.24, 2.45) is 0 Å². The summed E-state index contributed by atoms with van der Waals surface area (Å²) in [5, 5.41) is 15.0. The van der Waals surface area contributed by atoms with Crippen LogP contribution in [-0.4, -0.2) is 21.4 Å². The van der Waals surface area contributed by atoms with Crippen molar-refractivity contribution in [1.29, 1.82) is 0 Å². The Morgan fingerprint density at radius 2 is 1.74 bits per heavy atom. The average molecular weight is 399 g/mol. The number of hydrogen-bond donors (Lipinski definition) is 2. The number of carbonyl (C=O) groups is 1. The molecule has 3 aromatic rings. The number of aromatic nitrogens is 2. The third kappa shape index (κ3) is 5.08. The van der Waals surface area contributed by atoms with Crippen LogP contribution in [0.25, 0.3) is 0 Å². The maximum absolute atomic E-state index is 12.6. The smallest absolute Gasteiger partial charge is 0.237 e. The zero-order chi connectivity index (χ0) is 19.4. The van der Waals surface area contributed by atoms with Gasteiger partial charge in [0.2, 0.25) is 11.0 Å². The molecule has 0 saturated heterocycles. The summed E-state index contributed by atoms with van der Waals surface area (Å²) in [5.74, 6) is -0.0391. The van der Waals surface area contributed by atoms with Crippen LogP contribution in [0.2, 0.25) is 0 Å². The number of amides is 1. The molecule has 5 nitrogen and oxygen atoms in total. The molecule has 0 aliphatic heterocycles. The van der Waals surface area contributed by atoms with Gasteiger partial charge in [0.05, 0.1) is 5.25 Å². The molecule has 0 fully saturated rings. The van der Waals surface area contributed by atoms with E-state index in [0.29, 0.717) is 5.13 Å². The van der Waals surface area contributed by atoms with Gasteiger partial charge in [0.1, 0.15) is 0 Å². The predicted molar refractivity (Wildman–Crippen MR) is 114 cm³/mol. The topological polar surface area (TPSA) is 66.9 Å². The number of para-hydroxylation sites is 1. The Labute approximate surface area is 167 Å². The normalized spacial score (nSPS) is 11.9. The maximum atomic E-state index is 12.6. The molecule has 1 heterocycles. The van der Waals surface area contributed by atoms with Gasteiger partial charge in [0.25, 0.3) is 0 Å². The summed E-state index contributed by atoms with van der Waals surface area (Å²) < 4.78 is 0.758. The average Bonchev–Trinajstić information content (AvgIpc) is 3.05. The van der Waals surface area contributed by atoms with E-state index in [1.54, 1.807) is 0 Å². The molecule has 0 radical (unpaired) electrons. The standard InChI is InChI=1S/C20H22N4OS2/c1-12-10-13(2)17(14(3)11-12)22-18(25)15(4)26-20-24-23-19(27-20)21-16-8-6-5-7-9-16/h5-11,15H,1-4H3,(H,21,23)(H,22,25)/t15-/m0/s1. The first-order valence-electron chi connectivity index (χ1n) is 8.63. The summed E-state index contributed by atoms with van der Waals surface area (Å²) in [4.78, 5) is 12.6. The largest absolute Gasteiger partial charge is 0.330 e. The minimum atomic E-state index is -0.275. The molecule has 0 spiro atoms. The van der Waals surface area contributed by atoms with Gasteiger partial charge in [0.15, 0.2) is 4.34 Å². The van der Waals surface area contributed by atoms with Gasteiger partial charge in [-0.3, -0.25) is 4.79 Å². The van der Waals surface area contributed by atoms with E-state index in [2.05, 4.69) is 39.9 Å². The summed E-state index contributed by atoms with van der Waals surface area (Å²) in [7, 11) is 0. The Balaban J connectivity index is 1.62. The maximum Gasteiger partial charge on any atom is 0.237 e. The number of thioether (sulfide) groups is 1. The van der Waals surface area contributed by atoms with Gasteiger partial charge < -0.3 is 10.6 Å². The van der Waals surface area contributed by atoms with Crippen molar-refractivity contribution in [1.82, 2.24) is 10.2 Å². The summed E-state index contributed by atoms with van der Waals surface area (Å²) in [6, 6.07) is 14.0. The summed E-state index contributed by atoms with van der Waals surface area (Å²) in [5.41, 5.74) is 5.19. The molecular formula is C20H22N4OS2. The van der Waals surface area contributed by atoms with Crippen LogP contribution in [0.1, 0.15) is 23.6 Å². The Morgan fingerprint density at radius 1 is 1.07 bits per heavy atom. The molecule has 0 saturated carbocycles. The highest BCUT2D eigenvalue weighted by Gasteiger charge is 2.19. The second-order valence-electron chi connectivity index (χ2n) is 6.39. The Bertz CT molecular complexity index is 917. The van der Waals surface area contributed by atoms with Crippen molar-refractivity contribution in [3.05, 3.63) is 59.2 Å². The fourth-order valence-corrected chi connectivity index (χ4v) is 4.68. The van der Waals surface area contributed by atoms with Gasteiger partial charge in [-0.15, -0.1) is 10.2 Å². The lowest BCUT2D eigenvalue weighted by molar-refractivity contribution is -0.115. The zero-order valence-corrected chi connectivity index (χ0v) is 17.4. The van der Waals surface area contributed by atoms with Crippen LogP contribution in [0.3, 0.4) is 0 Å². The van der Waals surface area contributed by atoms with Crippen LogP contribution in [0, 0.1) is 20.8 Å². The van der Waals surface area contributed by atoms with Gasteiger partial charge >= 0.3 is 0 Å². The molecule has 7 heteroatoms. The van der Waals surface area contributed by atoms with E-state index in [1.165, 1.54) is 28.7 Å². The van der Waals surface area contributed by atoms with E-state index in [9.17, 15) is 4.79 Å². The minimum absolute atomic E-state index is 0.0391. The van der Waals surface area contributed by atoms with Gasteiger partial charge in [-0.1, -0.05) is 59.0 Å². The van der Waals surface area contributed by atoms with Crippen molar-refractivity contribution >= 4 is 45.5 Å². The lowest BCUT2D eigenvalue weighted by atomic mass is 10.1. The zero-order valence-electron chi connectivity index (χ0n) is 15.7. The Hall–Kier alpha value is -2.38. The molecule has 0 aliphatic carbocycles. The molecule has 2 aromatic carbocycles. The number of nitrogens with zero attached hydrogens (tertiary/aromatic N) is 2. The first-order chi connectivity index (χ1) is 12.9. The molecule has 140 valence electrons. The number of benzene rings is 2. The number of aryl methyl sites for hydroxylation is 3. The third-order valence-corrected chi connectivity index (χ3v) is 6.03. The number of carbonyl (C=O) groups excluding carboxylic acids is 1. The molecule has 3 rings (SSSR count). The second-order valence-corrected chi connectivity index (χ2v) is 8.95. The number of hydrogen-bond acceptors (Lipinski definition) is 6. The fraction of sp³-hybridized carbons (Fsp3) is 0.250. The molecule has 1 aromatic heterocycles. The van der Waals surface area contributed by atoms with Crippen LogP contribution in [-0.2, 0) is 4.79 Å². The van der Waals surface area contributed by atoms with E-state index >= 15 is 0 Å². The van der Waals surface area contributed by atoms with E-state index in [0.717, 1.165) is 26.8 Å². The van der Waals surface area contributed by atoms with Crippen LogP contribution < -0.4 is 10.6 Å². The molecule has 0 unspecified atom stereocenters. The Morgan fingerprint density at radius 3 is 2.41 bits per heavy atom. The number of nitrogens with one attached hydrogen (secondary N) is 2. The molecule has 1 atom stereocenters. The quantitative estimate of drug-likeness (QED) is 0.550. The van der Waals surface area contributed by atoms with Gasteiger partial charge in [-0.05, 0) is 51.0 Å². The summed E-state index contributed by atoms with van der Waals surface area (Å²) >= 11 is 2.85. The number of rotatable bonds is 6. The minimum Gasteiger partial charge on any atom is -0.330 e. The Kier molecular flexibility index (Phi) is 6.13. The van der Waals surface area contributed by atoms with Crippen molar-refractivity contribution in [3.63, 3.8) is 0 Å². The number of anilines is 3. The van der Waals surface area contributed by atoms with Gasteiger partial charge in [0, 0.05) is 11.4 Å². The second kappa shape index (κ2) is 8.54. The van der Waals surface area contributed by atoms with Crippen LogP contribution in [0.4, 0.5) is 16.5 Å². The van der Waals surface area contributed by atoms with Gasteiger partial charge in [-0.2, -0.15) is 0 Å².